The smallest absolute Gasteiger partial charge is 0.370 e. The number of esters is 1. The van der Waals surface area contributed by atoms with Crippen molar-refractivity contribution in [1.29, 1.82) is 0 Å². The lowest BCUT2D eigenvalue weighted by Gasteiger charge is -2.37. The monoisotopic (exact) mass is 634 g/mol. The summed E-state index contributed by atoms with van der Waals surface area (Å²) < 4.78 is 52.6. The van der Waals surface area contributed by atoms with Gasteiger partial charge in [0.2, 0.25) is 5.83 Å². The maximum atomic E-state index is 14.2. The Morgan fingerprint density at radius 2 is 1.74 bits per heavy atom. The molecule has 0 saturated carbocycles. The first-order valence-electron chi connectivity index (χ1n) is 14.9. The summed E-state index contributed by atoms with van der Waals surface area (Å²) in [5.41, 5.74) is 2.15. The lowest BCUT2D eigenvalue weighted by Crippen LogP contribution is -2.38. The number of methoxy groups -OCH3 is 1. The molecule has 0 spiro atoms. The molecule has 0 bridgehead atoms. The molecule has 1 aliphatic rings. The second-order valence-electron chi connectivity index (χ2n) is 12.4. The van der Waals surface area contributed by atoms with Gasteiger partial charge in [0, 0.05) is 35.8 Å². The number of anilines is 2. The molecule has 0 saturated heterocycles. The van der Waals surface area contributed by atoms with Crippen molar-refractivity contribution in [3.05, 3.63) is 54.1 Å². The predicted molar refractivity (Wildman–Crippen MR) is 174 cm³/mol. The summed E-state index contributed by atoms with van der Waals surface area (Å²) in [5, 5.41) is 3.51. The number of halogens is 1. The fourth-order valence-corrected chi connectivity index (χ4v) is 8.03. The van der Waals surface area contributed by atoms with Crippen molar-refractivity contribution in [2.24, 2.45) is 5.41 Å². The summed E-state index contributed by atoms with van der Waals surface area (Å²) >= 11 is 1.35. The number of sulfone groups is 1. The van der Waals surface area contributed by atoms with E-state index in [-0.39, 0.29) is 21.9 Å². The van der Waals surface area contributed by atoms with E-state index in [2.05, 4.69) is 73.8 Å². The summed E-state index contributed by atoms with van der Waals surface area (Å²) in [5.74, 6) is -2.21. The van der Waals surface area contributed by atoms with Crippen LogP contribution >= 0.6 is 11.8 Å². The van der Waals surface area contributed by atoms with Gasteiger partial charge in [-0.1, -0.05) is 51.7 Å². The van der Waals surface area contributed by atoms with Crippen LogP contribution < -0.4 is 15.0 Å². The highest BCUT2D eigenvalue weighted by Gasteiger charge is 2.42. The molecule has 0 unspecified atom stereocenters. The lowest BCUT2D eigenvalue weighted by atomic mass is 9.79. The maximum absolute atomic E-state index is 14.2. The van der Waals surface area contributed by atoms with Gasteiger partial charge in [-0.2, -0.15) is 4.39 Å². The molecule has 0 fully saturated rings. The molecule has 1 heterocycles. The largest absolute Gasteiger partial charge is 0.464 e. The number of fused-ring (bicyclic) bond motifs is 1. The molecule has 0 aliphatic carbocycles. The van der Waals surface area contributed by atoms with E-state index < -0.39 is 27.0 Å². The number of nitrogens with zero attached hydrogens (tertiary/aromatic N) is 1. The predicted octanol–water partition coefficient (Wildman–Crippen LogP) is 7.95. The van der Waals surface area contributed by atoms with Crippen molar-refractivity contribution < 1.29 is 27.1 Å². The van der Waals surface area contributed by atoms with Gasteiger partial charge in [-0.15, -0.1) is 11.8 Å². The van der Waals surface area contributed by atoms with Crippen LogP contribution in [0.4, 0.5) is 15.8 Å². The molecule has 1 N–H and O–H groups in total. The van der Waals surface area contributed by atoms with Crippen molar-refractivity contribution in [3.8, 4) is 5.75 Å². The zero-order valence-corrected chi connectivity index (χ0v) is 28.2. The average molecular weight is 635 g/mol. The van der Waals surface area contributed by atoms with Gasteiger partial charge in [0.25, 0.3) is 0 Å². The van der Waals surface area contributed by atoms with Crippen molar-refractivity contribution in [3.63, 3.8) is 0 Å². The van der Waals surface area contributed by atoms with Crippen LogP contribution in [0.15, 0.2) is 58.3 Å². The molecule has 2 aromatic rings. The highest BCUT2D eigenvalue weighted by molar-refractivity contribution is 7.98. The fraction of sp³-hybridized carbons (Fsp3) is 0.545. The van der Waals surface area contributed by atoms with E-state index in [9.17, 15) is 17.6 Å². The van der Waals surface area contributed by atoms with E-state index in [4.69, 9.17) is 4.74 Å². The topological polar surface area (TPSA) is 84.9 Å². The molecular weight excluding hydrogens is 588 g/mol. The lowest BCUT2D eigenvalue weighted by molar-refractivity contribution is -0.137. The van der Waals surface area contributed by atoms with Gasteiger partial charge in [0.05, 0.1) is 28.3 Å². The molecule has 43 heavy (non-hydrogen) atoms. The van der Waals surface area contributed by atoms with Crippen molar-refractivity contribution in [2.75, 3.05) is 30.6 Å². The third-order valence-electron chi connectivity index (χ3n) is 7.72. The zero-order chi connectivity index (χ0) is 31.8. The van der Waals surface area contributed by atoms with Crippen LogP contribution in [0.1, 0.15) is 78.7 Å². The van der Waals surface area contributed by atoms with E-state index in [1.54, 1.807) is 0 Å². The third kappa shape index (κ3) is 9.22. The number of ether oxygens (including phenoxy) is 2. The highest BCUT2D eigenvalue weighted by atomic mass is 32.2. The van der Waals surface area contributed by atoms with Crippen LogP contribution in [0.3, 0.4) is 0 Å². The molecule has 2 aromatic carbocycles. The average Bonchev–Trinajstić information content (AvgIpc) is 3.07. The van der Waals surface area contributed by atoms with Crippen molar-refractivity contribution >= 4 is 38.9 Å². The van der Waals surface area contributed by atoms with Crippen LogP contribution in [0.25, 0.3) is 0 Å². The van der Waals surface area contributed by atoms with Crippen LogP contribution in [0.2, 0.25) is 0 Å². The van der Waals surface area contributed by atoms with Crippen LogP contribution in [0, 0.1) is 5.41 Å². The molecule has 0 amide bonds. The number of benzene rings is 2. The first-order chi connectivity index (χ1) is 20.3. The molecule has 7 nitrogen and oxygen atoms in total. The standard InChI is InChI=1S/C33H47FN2O5S2/c1-8-10-16-33(17-11-9-2)22-36(25-14-12-24(13-15-25)20-35-32(3,4)5)27-18-29(42-7)28(19-30(27)43(38,39)23-33)41-21-26(34)31(37)40-6/h12-15,18-19,21,35H,8-11,16-17,20,22-23H2,1-7H3/b26-21-. The number of rotatable bonds is 13. The number of nitrogens with one attached hydrogen (secondary N) is 1. The van der Waals surface area contributed by atoms with Crippen molar-refractivity contribution in [2.45, 2.75) is 95.0 Å². The number of hydrogen-bond donors (Lipinski definition) is 1. The van der Waals surface area contributed by atoms with Gasteiger partial charge in [-0.05, 0) is 63.6 Å². The highest BCUT2D eigenvalue weighted by Crippen LogP contribution is 2.48. The van der Waals surface area contributed by atoms with Gasteiger partial charge < -0.3 is 19.7 Å². The summed E-state index contributed by atoms with van der Waals surface area (Å²) in [4.78, 5) is 14.5. The Balaban J connectivity index is 2.19. The summed E-state index contributed by atoms with van der Waals surface area (Å²) in [6.45, 7) is 11.9. The molecule has 3 rings (SSSR count). The van der Waals surface area contributed by atoms with E-state index in [0.29, 0.717) is 23.4 Å². The fourth-order valence-electron chi connectivity index (χ4n) is 5.37. The van der Waals surface area contributed by atoms with Gasteiger partial charge in [0.15, 0.2) is 9.84 Å². The Kier molecular flexibility index (Phi) is 12.1. The van der Waals surface area contributed by atoms with Gasteiger partial charge >= 0.3 is 5.97 Å². The molecule has 1 aliphatic heterocycles. The second kappa shape index (κ2) is 14.9. The van der Waals surface area contributed by atoms with E-state index in [1.807, 2.05) is 12.3 Å². The summed E-state index contributed by atoms with van der Waals surface area (Å²) in [6.07, 6.45) is 7.91. The quantitative estimate of drug-likeness (QED) is 0.103. The van der Waals surface area contributed by atoms with Crippen LogP contribution in [-0.2, 0) is 25.9 Å². The number of hydrogen-bond acceptors (Lipinski definition) is 8. The first kappa shape index (κ1) is 34.9. The summed E-state index contributed by atoms with van der Waals surface area (Å²) in [7, 11) is -2.70. The van der Waals surface area contributed by atoms with E-state index >= 15 is 0 Å². The minimum atomic E-state index is -3.78. The van der Waals surface area contributed by atoms with Crippen molar-refractivity contribution in [1.82, 2.24) is 5.32 Å². The Bertz CT molecular complexity index is 1380. The molecule has 0 radical (unpaired) electrons. The summed E-state index contributed by atoms with van der Waals surface area (Å²) in [6, 6.07) is 11.6. The van der Waals surface area contributed by atoms with Gasteiger partial charge in [-0.3, -0.25) is 0 Å². The first-order valence-corrected chi connectivity index (χ1v) is 17.8. The van der Waals surface area contributed by atoms with E-state index in [1.165, 1.54) is 17.8 Å². The second-order valence-corrected chi connectivity index (χ2v) is 15.2. The molecule has 10 heteroatoms. The SMILES string of the molecule is CCCCC1(CCCC)CN(c2ccc(CNC(C)(C)C)cc2)c2cc(SC)c(O/C=C(\F)C(=O)OC)cc2S(=O)(=O)C1. The van der Waals surface area contributed by atoms with Crippen LogP contribution in [0.5, 0.6) is 5.75 Å². The van der Waals surface area contributed by atoms with Gasteiger partial charge in [-0.25, -0.2) is 13.2 Å². The van der Waals surface area contributed by atoms with E-state index in [0.717, 1.165) is 63.4 Å². The Hall–Kier alpha value is -2.56. The molecular formula is C33H47FN2O5S2. The Labute approximate surface area is 261 Å². The molecule has 238 valence electrons. The number of unbranched alkanes of at least 4 members (excludes halogenated alkanes) is 2. The van der Waals surface area contributed by atoms with Crippen LogP contribution in [-0.4, -0.2) is 45.6 Å². The minimum absolute atomic E-state index is 0.0154. The number of carbonyl (C=O) groups excluding carboxylic acids is 1. The Morgan fingerprint density at radius 3 is 2.28 bits per heavy atom. The number of thioether (sulfide) groups is 1. The molecule has 0 atom stereocenters. The zero-order valence-electron chi connectivity index (χ0n) is 26.6. The minimum Gasteiger partial charge on any atom is -0.464 e. The molecule has 0 aromatic heterocycles. The normalized spacial score (nSPS) is 16.4. The number of carbonyl (C=O) groups is 1. The van der Waals surface area contributed by atoms with Gasteiger partial charge in [0.1, 0.15) is 12.0 Å². The maximum Gasteiger partial charge on any atom is 0.370 e. The Morgan fingerprint density at radius 1 is 1.12 bits per heavy atom. The third-order valence-corrected chi connectivity index (χ3v) is 10.5.